The van der Waals surface area contributed by atoms with Crippen LogP contribution < -0.4 is 10.6 Å². The van der Waals surface area contributed by atoms with Gasteiger partial charge in [-0.2, -0.15) is 0 Å². The highest BCUT2D eigenvalue weighted by Gasteiger charge is 2.31. The molecule has 2 N–H and O–H groups in total. The van der Waals surface area contributed by atoms with Gasteiger partial charge >= 0.3 is 0 Å². The second kappa shape index (κ2) is 6.60. The number of hydrogen-bond acceptors (Lipinski definition) is 5. The lowest BCUT2D eigenvalue weighted by molar-refractivity contribution is 0.188. The summed E-state index contributed by atoms with van der Waals surface area (Å²) in [6.07, 6.45) is 6.31. The Morgan fingerprint density at radius 3 is 2.95 bits per heavy atom. The minimum Gasteiger partial charge on any atom is -0.370 e. The summed E-state index contributed by atoms with van der Waals surface area (Å²) < 4.78 is 0. The molecule has 0 saturated carbocycles. The molecule has 0 aromatic carbocycles. The Morgan fingerprint density at radius 1 is 1.24 bits per heavy atom. The van der Waals surface area contributed by atoms with Crippen LogP contribution in [0.25, 0.3) is 0 Å². The fraction of sp³-hybridized carbons (Fsp3) is 0.750. The molecule has 0 spiro atoms. The molecule has 2 aliphatic heterocycles. The zero-order valence-corrected chi connectivity index (χ0v) is 13.2. The van der Waals surface area contributed by atoms with E-state index in [9.17, 15) is 0 Å². The normalized spacial score (nSPS) is 25.6. The molecule has 3 rings (SSSR count). The summed E-state index contributed by atoms with van der Waals surface area (Å²) in [6, 6.07) is 3.39. The number of nitrogens with zero attached hydrogens (tertiary/aromatic N) is 3. The van der Waals surface area contributed by atoms with E-state index in [-0.39, 0.29) is 0 Å². The molecule has 1 aromatic rings. The van der Waals surface area contributed by atoms with Gasteiger partial charge in [0.1, 0.15) is 17.5 Å². The number of anilines is 2. The molecule has 1 aromatic heterocycles. The highest BCUT2D eigenvalue weighted by Crippen LogP contribution is 2.28. The minimum atomic E-state index is 0.553. The van der Waals surface area contributed by atoms with Crippen LogP contribution in [-0.2, 0) is 0 Å². The first-order valence-electron chi connectivity index (χ1n) is 8.34. The average molecular weight is 289 g/mol. The van der Waals surface area contributed by atoms with Crippen molar-refractivity contribution in [3.05, 3.63) is 11.9 Å². The van der Waals surface area contributed by atoms with Crippen LogP contribution in [0.1, 0.15) is 44.9 Å². The van der Waals surface area contributed by atoms with Crippen LogP contribution in [0, 0.1) is 6.92 Å². The standard InChI is InChI=1S/C16H27N5/c1-3-7-17-15-11-16(19-12(2)18-15)20-13-6-9-21-8-4-5-14(21)10-13/h11,13-14H,3-10H2,1-2H3,(H2,17,18,19,20). The molecule has 5 heteroatoms. The van der Waals surface area contributed by atoms with E-state index in [0.29, 0.717) is 6.04 Å². The monoisotopic (exact) mass is 289 g/mol. The molecule has 5 nitrogen and oxygen atoms in total. The summed E-state index contributed by atoms with van der Waals surface area (Å²) in [5, 5.41) is 6.98. The molecule has 2 fully saturated rings. The molecule has 0 radical (unpaired) electrons. The van der Waals surface area contributed by atoms with Gasteiger partial charge < -0.3 is 15.5 Å². The maximum Gasteiger partial charge on any atom is 0.132 e. The summed E-state index contributed by atoms with van der Waals surface area (Å²) in [5.41, 5.74) is 0. The highest BCUT2D eigenvalue weighted by molar-refractivity contribution is 5.48. The van der Waals surface area contributed by atoms with E-state index in [2.05, 4.69) is 32.4 Å². The van der Waals surface area contributed by atoms with Gasteiger partial charge in [0.05, 0.1) is 0 Å². The molecule has 2 atom stereocenters. The molecule has 21 heavy (non-hydrogen) atoms. The number of rotatable bonds is 5. The molecule has 116 valence electrons. The Bertz CT molecular complexity index is 476. The van der Waals surface area contributed by atoms with Gasteiger partial charge in [-0.1, -0.05) is 6.92 Å². The number of aromatic nitrogens is 2. The number of nitrogens with one attached hydrogen (secondary N) is 2. The van der Waals surface area contributed by atoms with Crippen molar-refractivity contribution in [1.29, 1.82) is 0 Å². The smallest absolute Gasteiger partial charge is 0.132 e. The van der Waals surface area contributed by atoms with E-state index in [4.69, 9.17) is 0 Å². The maximum atomic E-state index is 4.55. The van der Waals surface area contributed by atoms with E-state index in [1.54, 1.807) is 0 Å². The Balaban J connectivity index is 1.62. The van der Waals surface area contributed by atoms with E-state index in [1.165, 1.54) is 38.8 Å². The number of hydrogen-bond donors (Lipinski definition) is 2. The minimum absolute atomic E-state index is 0.553. The molecular formula is C16H27N5. The first kappa shape index (κ1) is 14.6. The largest absolute Gasteiger partial charge is 0.370 e. The average Bonchev–Trinajstić information content (AvgIpc) is 2.92. The molecule has 3 heterocycles. The van der Waals surface area contributed by atoms with Crippen molar-refractivity contribution in [2.24, 2.45) is 0 Å². The van der Waals surface area contributed by atoms with Crippen molar-refractivity contribution in [3.8, 4) is 0 Å². The van der Waals surface area contributed by atoms with Gasteiger partial charge in [-0.25, -0.2) is 9.97 Å². The van der Waals surface area contributed by atoms with Crippen molar-refractivity contribution in [2.75, 3.05) is 30.3 Å². The topological polar surface area (TPSA) is 53.1 Å². The second-order valence-electron chi connectivity index (χ2n) is 6.31. The van der Waals surface area contributed by atoms with Crippen LogP contribution in [0.4, 0.5) is 11.6 Å². The Labute approximate surface area is 127 Å². The quantitative estimate of drug-likeness (QED) is 0.873. The molecule has 2 unspecified atom stereocenters. The number of fused-ring (bicyclic) bond motifs is 1. The summed E-state index contributed by atoms with van der Waals surface area (Å²) in [6.45, 7) is 7.61. The van der Waals surface area contributed by atoms with E-state index >= 15 is 0 Å². The Hall–Kier alpha value is -1.36. The van der Waals surface area contributed by atoms with Crippen LogP contribution in [0.2, 0.25) is 0 Å². The van der Waals surface area contributed by atoms with Gasteiger partial charge in [-0.3, -0.25) is 0 Å². The lowest BCUT2D eigenvalue weighted by Gasteiger charge is -2.35. The first-order valence-corrected chi connectivity index (χ1v) is 8.34. The second-order valence-corrected chi connectivity index (χ2v) is 6.31. The zero-order valence-electron chi connectivity index (χ0n) is 13.2. The third-order valence-corrected chi connectivity index (χ3v) is 4.57. The van der Waals surface area contributed by atoms with Crippen LogP contribution in [0.5, 0.6) is 0 Å². The van der Waals surface area contributed by atoms with Crippen molar-refractivity contribution in [1.82, 2.24) is 14.9 Å². The summed E-state index contributed by atoms with van der Waals surface area (Å²) in [7, 11) is 0. The molecule has 0 bridgehead atoms. The van der Waals surface area contributed by atoms with Gasteiger partial charge in [-0.15, -0.1) is 0 Å². The van der Waals surface area contributed by atoms with Crippen molar-refractivity contribution in [2.45, 2.75) is 58.0 Å². The fourth-order valence-corrected chi connectivity index (χ4v) is 3.55. The van der Waals surface area contributed by atoms with Crippen LogP contribution in [-0.4, -0.2) is 46.6 Å². The van der Waals surface area contributed by atoms with Crippen molar-refractivity contribution < 1.29 is 0 Å². The number of aryl methyl sites for hydroxylation is 1. The molecule has 2 aliphatic rings. The van der Waals surface area contributed by atoms with Crippen molar-refractivity contribution in [3.63, 3.8) is 0 Å². The van der Waals surface area contributed by atoms with Gasteiger partial charge in [0.25, 0.3) is 0 Å². The predicted octanol–water partition coefficient (Wildman–Crippen LogP) is 2.65. The van der Waals surface area contributed by atoms with Gasteiger partial charge in [0.2, 0.25) is 0 Å². The predicted molar refractivity (Wildman–Crippen MR) is 86.8 cm³/mol. The Kier molecular flexibility index (Phi) is 4.58. The van der Waals surface area contributed by atoms with E-state index < -0.39 is 0 Å². The summed E-state index contributed by atoms with van der Waals surface area (Å²) >= 11 is 0. The molecule has 0 aliphatic carbocycles. The molecule has 2 saturated heterocycles. The third kappa shape index (κ3) is 3.64. The zero-order chi connectivity index (χ0) is 14.7. The SMILES string of the molecule is CCCNc1cc(NC2CCN3CCCC3C2)nc(C)n1. The number of piperidine rings is 1. The Morgan fingerprint density at radius 2 is 2.10 bits per heavy atom. The fourth-order valence-electron chi connectivity index (χ4n) is 3.55. The first-order chi connectivity index (χ1) is 10.2. The van der Waals surface area contributed by atoms with Gasteiger partial charge in [0, 0.05) is 31.2 Å². The maximum absolute atomic E-state index is 4.55. The van der Waals surface area contributed by atoms with Crippen molar-refractivity contribution >= 4 is 11.6 Å². The van der Waals surface area contributed by atoms with Crippen LogP contribution in [0.3, 0.4) is 0 Å². The summed E-state index contributed by atoms with van der Waals surface area (Å²) in [5.74, 6) is 2.74. The molecular weight excluding hydrogens is 262 g/mol. The molecule has 0 amide bonds. The third-order valence-electron chi connectivity index (χ3n) is 4.57. The lowest BCUT2D eigenvalue weighted by atomic mass is 9.97. The highest BCUT2D eigenvalue weighted by atomic mass is 15.2. The lowest BCUT2D eigenvalue weighted by Crippen LogP contribution is -2.42. The van der Waals surface area contributed by atoms with Crippen LogP contribution in [0.15, 0.2) is 6.07 Å². The van der Waals surface area contributed by atoms with Gasteiger partial charge in [-0.05, 0) is 45.6 Å². The van der Waals surface area contributed by atoms with E-state index in [1.807, 2.05) is 13.0 Å². The van der Waals surface area contributed by atoms with E-state index in [0.717, 1.165) is 36.5 Å². The van der Waals surface area contributed by atoms with Crippen LogP contribution >= 0.6 is 0 Å². The summed E-state index contributed by atoms with van der Waals surface area (Å²) in [4.78, 5) is 11.6. The van der Waals surface area contributed by atoms with Gasteiger partial charge in [0.15, 0.2) is 0 Å².